The third-order valence-corrected chi connectivity index (χ3v) is 2.93. The number of benzene rings is 1. The van der Waals surface area contributed by atoms with Gasteiger partial charge in [-0.25, -0.2) is 0 Å². The van der Waals surface area contributed by atoms with Gasteiger partial charge in [-0.05, 0) is 25.0 Å². The minimum absolute atomic E-state index is 0.0410. The molecule has 0 aliphatic heterocycles. The van der Waals surface area contributed by atoms with Crippen LogP contribution in [0.4, 0.5) is 0 Å². The zero-order valence-electron chi connectivity index (χ0n) is 10.4. The van der Waals surface area contributed by atoms with Crippen LogP contribution in [0.1, 0.15) is 36.0 Å². The fraction of sp³-hybridized carbons (Fsp3) is 0.429. The van der Waals surface area contributed by atoms with Gasteiger partial charge in [0.05, 0.1) is 12.7 Å². The van der Waals surface area contributed by atoms with E-state index < -0.39 is 0 Å². The van der Waals surface area contributed by atoms with E-state index in [9.17, 15) is 9.59 Å². The van der Waals surface area contributed by atoms with Crippen LogP contribution in [0.3, 0.4) is 0 Å². The molecule has 0 bridgehead atoms. The van der Waals surface area contributed by atoms with Gasteiger partial charge in [0, 0.05) is 18.9 Å². The van der Waals surface area contributed by atoms with Gasteiger partial charge in [-0.2, -0.15) is 0 Å². The van der Waals surface area contributed by atoms with Crippen LogP contribution in [0.5, 0.6) is 5.75 Å². The average Bonchev–Trinajstić information content (AvgIpc) is 3.19. The lowest BCUT2D eigenvalue weighted by Gasteiger charge is -2.07. The molecule has 4 heteroatoms. The Morgan fingerprint density at radius 2 is 2.00 bits per heavy atom. The summed E-state index contributed by atoms with van der Waals surface area (Å²) in [5.74, 6) is 0.462. The molecular formula is C14H17NO3. The van der Waals surface area contributed by atoms with Crippen molar-refractivity contribution in [3.05, 3.63) is 29.8 Å². The molecule has 1 N–H and O–H groups in total. The Morgan fingerprint density at radius 3 is 2.67 bits per heavy atom. The molecule has 0 saturated heterocycles. The van der Waals surface area contributed by atoms with Crippen molar-refractivity contribution in [2.75, 3.05) is 7.11 Å². The van der Waals surface area contributed by atoms with Gasteiger partial charge in [0.15, 0.2) is 5.78 Å². The second-order valence-electron chi connectivity index (χ2n) is 4.47. The zero-order valence-corrected chi connectivity index (χ0v) is 10.4. The Balaban J connectivity index is 1.88. The topological polar surface area (TPSA) is 55.4 Å². The van der Waals surface area contributed by atoms with Gasteiger partial charge in [-0.3, -0.25) is 9.59 Å². The number of hydrogen-bond acceptors (Lipinski definition) is 3. The standard InChI is InChI=1S/C14H17NO3/c1-18-13-5-3-2-4-11(13)12(16)8-9-14(17)15-10-6-7-10/h2-5,10H,6-9H2,1H3,(H,15,17). The Labute approximate surface area is 106 Å². The molecule has 1 saturated carbocycles. The van der Waals surface area contributed by atoms with Gasteiger partial charge in [0.2, 0.25) is 5.91 Å². The number of rotatable bonds is 6. The second-order valence-corrected chi connectivity index (χ2v) is 4.47. The van der Waals surface area contributed by atoms with E-state index in [1.807, 2.05) is 6.07 Å². The second kappa shape index (κ2) is 5.67. The summed E-state index contributed by atoms with van der Waals surface area (Å²) in [5, 5.41) is 2.87. The zero-order chi connectivity index (χ0) is 13.0. The van der Waals surface area contributed by atoms with Crippen LogP contribution in [0.2, 0.25) is 0 Å². The molecule has 0 aromatic heterocycles. The van der Waals surface area contributed by atoms with Crippen LogP contribution >= 0.6 is 0 Å². The van der Waals surface area contributed by atoms with Crippen molar-refractivity contribution in [1.29, 1.82) is 0 Å². The summed E-state index contributed by atoms with van der Waals surface area (Å²) in [4.78, 5) is 23.5. The van der Waals surface area contributed by atoms with Crippen molar-refractivity contribution in [1.82, 2.24) is 5.32 Å². The van der Waals surface area contributed by atoms with Crippen LogP contribution in [0.25, 0.3) is 0 Å². The Bertz CT molecular complexity index is 452. The molecule has 0 spiro atoms. The van der Waals surface area contributed by atoms with E-state index in [1.54, 1.807) is 18.2 Å². The fourth-order valence-electron chi connectivity index (χ4n) is 1.76. The molecule has 1 fully saturated rings. The molecule has 1 aromatic rings. The summed E-state index contributed by atoms with van der Waals surface area (Å²) >= 11 is 0. The molecule has 1 aliphatic carbocycles. The number of hydrogen-bond donors (Lipinski definition) is 1. The molecular weight excluding hydrogens is 230 g/mol. The summed E-state index contributed by atoms with van der Waals surface area (Å²) in [7, 11) is 1.53. The summed E-state index contributed by atoms with van der Waals surface area (Å²) in [6.07, 6.45) is 2.59. The van der Waals surface area contributed by atoms with Crippen molar-refractivity contribution in [2.24, 2.45) is 0 Å². The maximum Gasteiger partial charge on any atom is 0.220 e. The Kier molecular flexibility index (Phi) is 3.97. The minimum Gasteiger partial charge on any atom is -0.496 e. The van der Waals surface area contributed by atoms with Crippen molar-refractivity contribution in [3.63, 3.8) is 0 Å². The lowest BCUT2D eigenvalue weighted by Crippen LogP contribution is -2.25. The summed E-state index contributed by atoms with van der Waals surface area (Å²) in [5.41, 5.74) is 0.541. The monoisotopic (exact) mass is 247 g/mol. The number of ketones is 1. The van der Waals surface area contributed by atoms with E-state index in [0.717, 1.165) is 12.8 Å². The molecule has 96 valence electrons. The number of nitrogens with one attached hydrogen (secondary N) is 1. The lowest BCUT2D eigenvalue weighted by atomic mass is 10.1. The molecule has 1 aromatic carbocycles. The van der Waals surface area contributed by atoms with Crippen LogP contribution in [-0.2, 0) is 4.79 Å². The SMILES string of the molecule is COc1ccccc1C(=O)CCC(=O)NC1CC1. The van der Waals surface area contributed by atoms with Crippen LogP contribution in [0.15, 0.2) is 24.3 Å². The molecule has 2 rings (SSSR count). The Hall–Kier alpha value is -1.84. The van der Waals surface area contributed by atoms with Crippen LogP contribution in [-0.4, -0.2) is 24.8 Å². The molecule has 1 aliphatic rings. The van der Waals surface area contributed by atoms with Crippen molar-refractivity contribution in [2.45, 2.75) is 31.7 Å². The molecule has 0 atom stereocenters. The lowest BCUT2D eigenvalue weighted by molar-refractivity contribution is -0.121. The summed E-state index contributed by atoms with van der Waals surface area (Å²) in [6.45, 7) is 0. The first-order chi connectivity index (χ1) is 8.70. The number of para-hydroxylation sites is 1. The first kappa shape index (κ1) is 12.6. The molecule has 18 heavy (non-hydrogen) atoms. The maximum atomic E-state index is 12.0. The van der Waals surface area contributed by atoms with E-state index in [2.05, 4.69) is 5.32 Å². The predicted molar refractivity (Wildman–Crippen MR) is 67.7 cm³/mol. The van der Waals surface area contributed by atoms with Gasteiger partial charge >= 0.3 is 0 Å². The van der Waals surface area contributed by atoms with Crippen molar-refractivity contribution in [3.8, 4) is 5.75 Å². The normalized spacial score (nSPS) is 14.1. The third-order valence-electron chi connectivity index (χ3n) is 2.93. The number of methoxy groups -OCH3 is 1. The fourth-order valence-corrected chi connectivity index (χ4v) is 1.76. The molecule has 1 amide bonds. The van der Waals surface area contributed by atoms with E-state index >= 15 is 0 Å². The molecule has 0 heterocycles. The van der Waals surface area contributed by atoms with Crippen LogP contribution < -0.4 is 10.1 Å². The van der Waals surface area contributed by atoms with Crippen LogP contribution in [0, 0.1) is 0 Å². The van der Waals surface area contributed by atoms with Gasteiger partial charge in [0.25, 0.3) is 0 Å². The van der Waals surface area contributed by atoms with E-state index in [0.29, 0.717) is 17.4 Å². The first-order valence-corrected chi connectivity index (χ1v) is 6.16. The largest absolute Gasteiger partial charge is 0.496 e. The summed E-state index contributed by atoms with van der Waals surface area (Å²) in [6, 6.07) is 7.42. The van der Waals surface area contributed by atoms with Gasteiger partial charge in [-0.15, -0.1) is 0 Å². The summed E-state index contributed by atoms with van der Waals surface area (Å²) < 4.78 is 5.13. The minimum atomic E-state index is -0.0570. The van der Waals surface area contributed by atoms with Crippen molar-refractivity contribution >= 4 is 11.7 Å². The highest BCUT2D eigenvalue weighted by atomic mass is 16.5. The quantitative estimate of drug-likeness (QED) is 0.781. The Morgan fingerprint density at radius 1 is 1.28 bits per heavy atom. The van der Waals surface area contributed by atoms with E-state index in [4.69, 9.17) is 4.74 Å². The number of carbonyl (C=O) groups excluding carboxylic acids is 2. The van der Waals surface area contributed by atoms with Gasteiger partial charge < -0.3 is 10.1 Å². The van der Waals surface area contributed by atoms with E-state index in [-0.39, 0.29) is 24.5 Å². The van der Waals surface area contributed by atoms with Gasteiger partial charge in [0.1, 0.15) is 5.75 Å². The highest BCUT2D eigenvalue weighted by Crippen LogP contribution is 2.21. The smallest absolute Gasteiger partial charge is 0.220 e. The highest BCUT2D eigenvalue weighted by Gasteiger charge is 2.23. The number of carbonyl (C=O) groups is 2. The number of amides is 1. The number of ether oxygens (including phenoxy) is 1. The van der Waals surface area contributed by atoms with Gasteiger partial charge in [-0.1, -0.05) is 12.1 Å². The molecule has 4 nitrogen and oxygen atoms in total. The van der Waals surface area contributed by atoms with Crippen molar-refractivity contribution < 1.29 is 14.3 Å². The van der Waals surface area contributed by atoms with E-state index in [1.165, 1.54) is 7.11 Å². The first-order valence-electron chi connectivity index (χ1n) is 6.16. The third kappa shape index (κ3) is 3.32. The number of Topliss-reactive ketones (excluding diaryl/α,β-unsaturated/α-hetero) is 1. The molecule has 0 radical (unpaired) electrons. The highest BCUT2D eigenvalue weighted by molar-refractivity contribution is 6.00. The predicted octanol–water partition coefficient (Wildman–Crippen LogP) is 1.94. The molecule has 0 unspecified atom stereocenters. The maximum absolute atomic E-state index is 12.0. The average molecular weight is 247 g/mol.